The lowest BCUT2D eigenvalue weighted by Gasteiger charge is -2.12. The molecule has 0 fully saturated rings. The number of sulfone groups is 1. The maximum absolute atomic E-state index is 12.7. The van der Waals surface area contributed by atoms with Gasteiger partial charge in [-0.15, -0.1) is 0 Å². The third kappa shape index (κ3) is 4.61. The topological polar surface area (TPSA) is 80.7 Å². The number of fused-ring (bicyclic) bond motifs is 1. The molecule has 4 aromatic rings. The number of benzene rings is 4. The summed E-state index contributed by atoms with van der Waals surface area (Å²) in [5, 5.41) is 11.6. The van der Waals surface area contributed by atoms with Crippen molar-refractivity contribution in [3.8, 4) is 16.9 Å². The molecule has 162 valence electrons. The highest BCUT2D eigenvalue weighted by Gasteiger charge is 2.18. The van der Waals surface area contributed by atoms with Gasteiger partial charge in [-0.25, -0.2) is 13.2 Å². The summed E-state index contributed by atoms with van der Waals surface area (Å²) in [5.74, 6) is -1.26. The van der Waals surface area contributed by atoms with Crippen molar-refractivity contribution in [2.24, 2.45) is 0 Å². The van der Waals surface area contributed by atoms with Crippen LogP contribution in [0.15, 0.2) is 89.8 Å². The van der Waals surface area contributed by atoms with E-state index in [-0.39, 0.29) is 28.6 Å². The van der Waals surface area contributed by atoms with Crippen LogP contribution in [0.2, 0.25) is 5.02 Å². The summed E-state index contributed by atoms with van der Waals surface area (Å²) in [4.78, 5) is 12.0. The molecule has 7 heteroatoms. The van der Waals surface area contributed by atoms with Crippen LogP contribution in [0.3, 0.4) is 0 Å². The van der Waals surface area contributed by atoms with E-state index < -0.39 is 15.8 Å². The molecule has 0 radical (unpaired) electrons. The van der Waals surface area contributed by atoms with Gasteiger partial charge in [-0.3, -0.25) is 0 Å². The standard InChI is InChI=1S/C25H19ClO5S/c26-20-10-5-17(6-11-20)18-7-12-21(13-8-18)32(29,30)16-15-31-23-14-9-19-3-1-2-4-22(19)24(23)25(27)28/h1-14H,15-16H2,(H,27,28). The summed E-state index contributed by atoms with van der Waals surface area (Å²) in [6.07, 6.45) is 0. The summed E-state index contributed by atoms with van der Waals surface area (Å²) in [6.45, 7) is -0.167. The van der Waals surface area contributed by atoms with Gasteiger partial charge in [-0.05, 0) is 52.2 Å². The predicted octanol–water partition coefficient (Wildman–Crippen LogP) is 5.71. The molecule has 0 atom stereocenters. The Morgan fingerprint density at radius 1 is 0.844 bits per heavy atom. The normalized spacial score (nSPS) is 11.4. The molecular weight excluding hydrogens is 448 g/mol. The fourth-order valence-electron chi connectivity index (χ4n) is 3.47. The zero-order valence-corrected chi connectivity index (χ0v) is 18.4. The maximum Gasteiger partial charge on any atom is 0.340 e. The van der Waals surface area contributed by atoms with Crippen LogP contribution < -0.4 is 4.74 Å². The van der Waals surface area contributed by atoms with Crippen LogP contribution in [0.4, 0.5) is 0 Å². The summed E-state index contributed by atoms with van der Waals surface area (Å²) < 4.78 is 31.1. The molecule has 0 aromatic heterocycles. The average molecular weight is 467 g/mol. The van der Waals surface area contributed by atoms with Crippen molar-refractivity contribution >= 4 is 38.2 Å². The van der Waals surface area contributed by atoms with Crippen LogP contribution in [0.25, 0.3) is 21.9 Å². The van der Waals surface area contributed by atoms with Crippen LogP contribution in [0, 0.1) is 0 Å². The largest absolute Gasteiger partial charge is 0.492 e. The summed E-state index contributed by atoms with van der Waals surface area (Å²) >= 11 is 5.91. The Labute approximate surface area is 190 Å². The number of carbonyl (C=O) groups is 1. The molecule has 0 spiro atoms. The number of hydrogen-bond donors (Lipinski definition) is 1. The molecule has 32 heavy (non-hydrogen) atoms. The highest BCUT2D eigenvalue weighted by Crippen LogP contribution is 2.28. The van der Waals surface area contributed by atoms with E-state index in [1.165, 1.54) is 0 Å². The Bertz CT molecular complexity index is 1380. The second kappa shape index (κ2) is 9.02. The molecule has 4 rings (SSSR count). The Hall–Kier alpha value is -3.35. The first-order chi connectivity index (χ1) is 15.3. The molecule has 5 nitrogen and oxygen atoms in total. The van der Waals surface area contributed by atoms with Gasteiger partial charge in [-0.1, -0.05) is 66.2 Å². The van der Waals surface area contributed by atoms with Crippen LogP contribution in [-0.4, -0.2) is 31.9 Å². The number of hydrogen-bond acceptors (Lipinski definition) is 4. The van der Waals surface area contributed by atoms with Crippen molar-refractivity contribution in [2.75, 3.05) is 12.4 Å². The summed E-state index contributed by atoms with van der Waals surface area (Å²) in [6, 6.07) is 24.2. The molecule has 1 N–H and O–H groups in total. The Kier molecular flexibility index (Phi) is 6.17. The van der Waals surface area contributed by atoms with Crippen molar-refractivity contribution in [3.05, 3.63) is 95.5 Å². The van der Waals surface area contributed by atoms with E-state index in [1.807, 2.05) is 24.3 Å². The smallest absolute Gasteiger partial charge is 0.340 e. The number of rotatable bonds is 7. The molecule has 0 bridgehead atoms. The van der Waals surface area contributed by atoms with E-state index in [0.717, 1.165) is 16.5 Å². The lowest BCUT2D eigenvalue weighted by atomic mass is 10.0. The first kappa shape index (κ1) is 21.9. The van der Waals surface area contributed by atoms with Gasteiger partial charge in [0.25, 0.3) is 0 Å². The lowest BCUT2D eigenvalue weighted by Crippen LogP contribution is -2.15. The zero-order valence-electron chi connectivity index (χ0n) is 16.9. The Morgan fingerprint density at radius 3 is 2.12 bits per heavy atom. The summed E-state index contributed by atoms with van der Waals surface area (Å²) in [5.41, 5.74) is 1.83. The molecule has 0 unspecified atom stereocenters. The van der Waals surface area contributed by atoms with Crippen molar-refractivity contribution in [1.82, 2.24) is 0 Å². The van der Waals surface area contributed by atoms with Gasteiger partial charge in [-0.2, -0.15) is 0 Å². The van der Waals surface area contributed by atoms with Gasteiger partial charge in [0.15, 0.2) is 9.84 Å². The van der Waals surface area contributed by atoms with Gasteiger partial charge in [0.05, 0.1) is 10.6 Å². The molecule has 0 saturated heterocycles. The number of aromatic carboxylic acids is 1. The lowest BCUT2D eigenvalue weighted by molar-refractivity contribution is 0.0695. The molecule has 0 heterocycles. The molecule has 0 aliphatic heterocycles. The van der Waals surface area contributed by atoms with Crippen LogP contribution in [-0.2, 0) is 9.84 Å². The number of carboxylic acids is 1. The highest BCUT2D eigenvalue weighted by molar-refractivity contribution is 7.91. The first-order valence-corrected chi connectivity index (χ1v) is 11.8. The molecular formula is C25H19ClO5S. The quantitative estimate of drug-likeness (QED) is 0.377. The van der Waals surface area contributed by atoms with Gasteiger partial charge < -0.3 is 9.84 Å². The van der Waals surface area contributed by atoms with E-state index in [1.54, 1.807) is 60.7 Å². The van der Waals surface area contributed by atoms with Gasteiger partial charge in [0.2, 0.25) is 0 Å². The van der Waals surface area contributed by atoms with Crippen molar-refractivity contribution in [3.63, 3.8) is 0 Å². The SMILES string of the molecule is O=C(O)c1c(OCCS(=O)(=O)c2ccc(-c3ccc(Cl)cc3)cc2)ccc2ccccc12. The van der Waals surface area contributed by atoms with Gasteiger partial charge in [0.1, 0.15) is 17.9 Å². The first-order valence-electron chi connectivity index (χ1n) is 9.82. The van der Waals surface area contributed by atoms with Crippen molar-refractivity contribution in [2.45, 2.75) is 4.90 Å². The van der Waals surface area contributed by atoms with Crippen LogP contribution in [0.1, 0.15) is 10.4 Å². The molecule has 0 aliphatic rings. The monoisotopic (exact) mass is 466 g/mol. The van der Waals surface area contributed by atoms with Crippen LogP contribution in [0.5, 0.6) is 5.75 Å². The fraction of sp³-hybridized carbons (Fsp3) is 0.0800. The molecule has 0 amide bonds. The number of halogens is 1. The van der Waals surface area contributed by atoms with E-state index in [4.69, 9.17) is 16.3 Å². The van der Waals surface area contributed by atoms with Crippen molar-refractivity contribution < 1.29 is 23.1 Å². The van der Waals surface area contributed by atoms with E-state index in [0.29, 0.717) is 10.4 Å². The van der Waals surface area contributed by atoms with E-state index in [2.05, 4.69) is 0 Å². The molecule has 0 aliphatic carbocycles. The minimum atomic E-state index is -3.61. The Balaban J connectivity index is 1.49. The second-order valence-corrected chi connectivity index (χ2v) is 9.71. The predicted molar refractivity (Wildman–Crippen MR) is 125 cm³/mol. The fourth-order valence-corrected chi connectivity index (χ4v) is 4.68. The van der Waals surface area contributed by atoms with E-state index in [9.17, 15) is 18.3 Å². The minimum absolute atomic E-state index is 0.0211. The third-order valence-electron chi connectivity index (χ3n) is 5.11. The highest BCUT2D eigenvalue weighted by atomic mass is 35.5. The van der Waals surface area contributed by atoms with E-state index >= 15 is 0 Å². The number of carboxylic acid groups (broad SMARTS) is 1. The Morgan fingerprint density at radius 2 is 1.47 bits per heavy atom. The average Bonchev–Trinajstić information content (AvgIpc) is 2.79. The zero-order chi connectivity index (χ0) is 22.7. The maximum atomic E-state index is 12.7. The molecule has 0 saturated carbocycles. The van der Waals surface area contributed by atoms with Crippen molar-refractivity contribution in [1.29, 1.82) is 0 Å². The second-order valence-electron chi connectivity index (χ2n) is 7.16. The third-order valence-corrected chi connectivity index (χ3v) is 7.05. The summed E-state index contributed by atoms with van der Waals surface area (Å²) in [7, 11) is -3.61. The van der Waals surface area contributed by atoms with Gasteiger partial charge in [0, 0.05) is 5.02 Å². The number of ether oxygens (including phenoxy) is 1. The van der Waals surface area contributed by atoms with Gasteiger partial charge >= 0.3 is 5.97 Å². The van der Waals surface area contributed by atoms with Crippen LogP contribution >= 0.6 is 11.6 Å². The minimum Gasteiger partial charge on any atom is -0.492 e. The molecule has 4 aromatic carbocycles.